The molecule has 0 fully saturated rings. The van der Waals surface area contributed by atoms with Gasteiger partial charge in [-0.3, -0.25) is 9.59 Å². The van der Waals surface area contributed by atoms with Gasteiger partial charge in [-0.25, -0.2) is 0 Å². The van der Waals surface area contributed by atoms with Crippen LogP contribution in [0.1, 0.15) is 18.1 Å². The lowest BCUT2D eigenvalue weighted by Crippen LogP contribution is -2.30. The molecule has 0 aromatic heterocycles. The topological polar surface area (TPSA) is 88.4 Å². The summed E-state index contributed by atoms with van der Waals surface area (Å²) in [7, 11) is 1.55. The van der Waals surface area contributed by atoms with Crippen LogP contribution in [0.2, 0.25) is 0 Å². The molecule has 0 spiro atoms. The lowest BCUT2D eigenvalue weighted by atomic mass is 10.1. The first-order chi connectivity index (χ1) is 12.0. The maximum absolute atomic E-state index is 12.1. The Labute approximate surface area is 146 Å². The fraction of sp³-hybridized carbons (Fsp3) is 0.211. The number of nitrogens with one attached hydrogen (secondary N) is 1. The molecule has 2 aromatic carbocycles. The molecule has 0 radical (unpaired) electrons. The average molecular weight is 338 g/mol. The van der Waals surface area contributed by atoms with E-state index in [4.69, 9.17) is 14.7 Å². The standard InChI is InChI=1S/C19H18N2O4/c1-13(19(23)21-16-7-3-6-15(9-16)12-20)25-18(22)11-14-5-4-8-17(10-14)24-2/h3-10,13H,11H2,1-2H3,(H,21,23)/t13-/m1/s1. The number of carbonyl (C=O) groups excluding carboxylic acids is 2. The number of amides is 1. The molecule has 0 saturated heterocycles. The van der Waals surface area contributed by atoms with Crippen LogP contribution in [0.5, 0.6) is 5.75 Å². The van der Waals surface area contributed by atoms with Crippen molar-refractivity contribution in [3.63, 3.8) is 0 Å². The molecule has 0 unspecified atom stereocenters. The molecule has 2 rings (SSSR count). The van der Waals surface area contributed by atoms with Gasteiger partial charge in [-0.05, 0) is 42.8 Å². The maximum Gasteiger partial charge on any atom is 0.311 e. The van der Waals surface area contributed by atoms with E-state index in [-0.39, 0.29) is 6.42 Å². The number of rotatable bonds is 6. The molecular weight excluding hydrogens is 320 g/mol. The number of esters is 1. The normalized spacial score (nSPS) is 11.1. The molecule has 0 bridgehead atoms. The second-order valence-electron chi connectivity index (χ2n) is 5.34. The summed E-state index contributed by atoms with van der Waals surface area (Å²) in [5.41, 5.74) is 1.64. The Bertz CT molecular complexity index is 811. The first-order valence-electron chi connectivity index (χ1n) is 7.65. The number of hydrogen-bond donors (Lipinski definition) is 1. The SMILES string of the molecule is COc1cccc(CC(=O)O[C@H](C)C(=O)Nc2cccc(C#N)c2)c1. The lowest BCUT2D eigenvalue weighted by Gasteiger charge is -2.14. The van der Waals surface area contributed by atoms with Crippen molar-refractivity contribution in [1.82, 2.24) is 0 Å². The van der Waals surface area contributed by atoms with Gasteiger partial charge in [0.05, 0.1) is 25.2 Å². The lowest BCUT2D eigenvalue weighted by molar-refractivity contribution is -0.152. The molecule has 6 heteroatoms. The van der Waals surface area contributed by atoms with Crippen molar-refractivity contribution in [2.24, 2.45) is 0 Å². The summed E-state index contributed by atoms with van der Waals surface area (Å²) in [6.45, 7) is 1.49. The van der Waals surface area contributed by atoms with Crippen LogP contribution in [0.15, 0.2) is 48.5 Å². The summed E-state index contributed by atoms with van der Waals surface area (Å²) < 4.78 is 10.3. The van der Waals surface area contributed by atoms with Gasteiger partial charge in [0.1, 0.15) is 5.75 Å². The Balaban J connectivity index is 1.91. The molecule has 25 heavy (non-hydrogen) atoms. The van der Waals surface area contributed by atoms with Crippen molar-refractivity contribution in [3.8, 4) is 11.8 Å². The minimum atomic E-state index is -0.955. The number of benzene rings is 2. The van der Waals surface area contributed by atoms with E-state index in [2.05, 4.69) is 5.32 Å². The maximum atomic E-state index is 12.1. The second kappa shape index (κ2) is 8.50. The minimum Gasteiger partial charge on any atom is -0.497 e. The van der Waals surface area contributed by atoms with Crippen LogP contribution >= 0.6 is 0 Å². The fourth-order valence-corrected chi connectivity index (χ4v) is 2.15. The first-order valence-corrected chi connectivity index (χ1v) is 7.65. The number of ether oxygens (including phenoxy) is 2. The van der Waals surface area contributed by atoms with Crippen LogP contribution in [0, 0.1) is 11.3 Å². The van der Waals surface area contributed by atoms with Crippen molar-refractivity contribution in [2.45, 2.75) is 19.4 Å². The molecule has 128 valence electrons. The molecule has 1 amide bonds. The third-order valence-electron chi connectivity index (χ3n) is 3.42. The highest BCUT2D eigenvalue weighted by Gasteiger charge is 2.18. The van der Waals surface area contributed by atoms with E-state index in [0.717, 1.165) is 5.56 Å². The molecule has 0 aliphatic carbocycles. The molecular formula is C19H18N2O4. The van der Waals surface area contributed by atoms with Crippen LogP contribution in [0.4, 0.5) is 5.69 Å². The van der Waals surface area contributed by atoms with Crippen LogP contribution in [0.25, 0.3) is 0 Å². The van der Waals surface area contributed by atoms with Gasteiger partial charge in [0.2, 0.25) is 0 Å². The summed E-state index contributed by atoms with van der Waals surface area (Å²) in [5, 5.41) is 11.5. The monoisotopic (exact) mass is 338 g/mol. The number of nitrogens with zero attached hydrogens (tertiary/aromatic N) is 1. The van der Waals surface area contributed by atoms with Crippen molar-refractivity contribution < 1.29 is 19.1 Å². The second-order valence-corrected chi connectivity index (χ2v) is 5.34. The predicted octanol–water partition coefficient (Wildman–Crippen LogP) is 2.68. The Kier molecular flexibility index (Phi) is 6.13. The van der Waals surface area contributed by atoms with E-state index < -0.39 is 18.0 Å². The quantitative estimate of drug-likeness (QED) is 0.818. The van der Waals surface area contributed by atoms with Crippen molar-refractivity contribution in [3.05, 3.63) is 59.7 Å². The highest BCUT2D eigenvalue weighted by atomic mass is 16.5. The Morgan fingerprint density at radius 3 is 2.68 bits per heavy atom. The van der Waals surface area contributed by atoms with E-state index in [0.29, 0.717) is 17.0 Å². The zero-order valence-electron chi connectivity index (χ0n) is 14.0. The van der Waals surface area contributed by atoms with E-state index in [1.807, 2.05) is 6.07 Å². The third-order valence-corrected chi connectivity index (χ3v) is 3.42. The smallest absolute Gasteiger partial charge is 0.311 e. The number of nitriles is 1. The number of anilines is 1. The third kappa shape index (κ3) is 5.36. The van der Waals surface area contributed by atoms with Gasteiger partial charge in [-0.1, -0.05) is 18.2 Å². The summed E-state index contributed by atoms with van der Waals surface area (Å²) in [4.78, 5) is 24.1. The summed E-state index contributed by atoms with van der Waals surface area (Å²) in [6.07, 6.45) is -0.914. The van der Waals surface area contributed by atoms with E-state index >= 15 is 0 Å². The van der Waals surface area contributed by atoms with Gasteiger partial charge in [0, 0.05) is 5.69 Å². The van der Waals surface area contributed by atoms with Gasteiger partial charge in [-0.2, -0.15) is 5.26 Å². The number of hydrogen-bond acceptors (Lipinski definition) is 5. The van der Waals surface area contributed by atoms with Gasteiger partial charge in [-0.15, -0.1) is 0 Å². The summed E-state index contributed by atoms with van der Waals surface area (Å²) in [5.74, 6) is -0.329. The van der Waals surface area contributed by atoms with Crippen molar-refractivity contribution in [1.29, 1.82) is 5.26 Å². The summed E-state index contributed by atoms with van der Waals surface area (Å²) >= 11 is 0. The molecule has 0 heterocycles. The zero-order chi connectivity index (χ0) is 18.2. The highest BCUT2D eigenvalue weighted by Crippen LogP contribution is 2.14. The minimum absolute atomic E-state index is 0.0404. The highest BCUT2D eigenvalue weighted by molar-refractivity contribution is 5.95. The van der Waals surface area contributed by atoms with Crippen molar-refractivity contribution >= 4 is 17.6 Å². The predicted molar refractivity (Wildman–Crippen MR) is 92.0 cm³/mol. The van der Waals surface area contributed by atoms with E-state index in [9.17, 15) is 9.59 Å². The van der Waals surface area contributed by atoms with Crippen LogP contribution < -0.4 is 10.1 Å². The summed E-state index contributed by atoms with van der Waals surface area (Å²) in [6, 6.07) is 15.6. The Morgan fingerprint density at radius 2 is 1.96 bits per heavy atom. The average Bonchev–Trinajstić information content (AvgIpc) is 2.61. The van der Waals surface area contributed by atoms with Crippen LogP contribution in [0.3, 0.4) is 0 Å². The van der Waals surface area contributed by atoms with E-state index in [1.165, 1.54) is 6.92 Å². The van der Waals surface area contributed by atoms with Crippen LogP contribution in [-0.4, -0.2) is 25.1 Å². The zero-order valence-corrected chi connectivity index (χ0v) is 14.0. The fourth-order valence-electron chi connectivity index (χ4n) is 2.15. The Hall–Kier alpha value is -3.33. The Morgan fingerprint density at radius 1 is 1.20 bits per heavy atom. The number of carbonyl (C=O) groups is 2. The van der Waals surface area contributed by atoms with Gasteiger partial charge < -0.3 is 14.8 Å². The molecule has 1 atom stereocenters. The molecule has 1 N–H and O–H groups in total. The number of methoxy groups -OCH3 is 1. The molecule has 0 saturated carbocycles. The molecule has 0 aliphatic rings. The van der Waals surface area contributed by atoms with Gasteiger partial charge >= 0.3 is 5.97 Å². The molecule has 2 aromatic rings. The molecule has 0 aliphatic heterocycles. The first kappa shape index (κ1) is 18.0. The van der Waals surface area contributed by atoms with E-state index in [1.54, 1.807) is 55.6 Å². The van der Waals surface area contributed by atoms with Crippen molar-refractivity contribution in [2.75, 3.05) is 12.4 Å². The van der Waals surface area contributed by atoms with Gasteiger partial charge in [0.25, 0.3) is 5.91 Å². The van der Waals surface area contributed by atoms with Gasteiger partial charge in [0.15, 0.2) is 6.10 Å². The molecule has 6 nitrogen and oxygen atoms in total. The largest absolute Gasteiger partial charge is 0.497 e. The van der Waals surface area contributed by atoms with Crippen LogP contribution in [-0.2, 0) is 20.7 Å².